The van der Waals surface area contributed by atoms with Gasteiger partial charge in [0.15, 0.2) is 12.2 Å². The van der Waals surface area contributed by atoms with Crippen LogP contribution in [0.5, 0.6) is 11.5 Å². The average molecular weight is 404 g/mol. The number of hydrogen-bond acceptors (Lipinski definition) is 4. The molecule has 6 nitrogen and oxygen atoms in total. The maximum Gasteiger partial charge on any atom is 0.265 e. The molecule has 0 aliphatic rings. The highest BCUT2D eigenvalue weighted by atomic mass is 16.5. The first kappa shape index (κ1) is 20.9. The second-order valence-corrected chi connectivity index (χ2v) is 6.70. The molecule has 6 heteroatoms. The Kier molecular flexibility index (Phi) is 7.05. The first-order chi connectivity index (χ1) is 14.5. The number of carbonyl (C=O) groups is 2. The minimum atomic E-state index is -0.650. The lowest BCUT2D eigenvalue weighted by Gasteiger charge is -2.16. The summed E-state index contributed by atoms with van der Waals surface area (Å²) in [4.78, 5) is 24.6. The number of rotatable bonds is 8. The normalized spacial score (nSPS) is 12.3. The molecule has 2 unspecified atom stereocenters. The van der Waals surface area contributed by atoms with Gasteiger partial charge < -0.3 is 20.1 Å². The lowest BCUT2D eigenvalue weighted by Crippen LogP contribution is -2.30. The van der Waals surface area contributed by atoms with Crippen molar-refractivity contribution in [3.05, 3.63) is 84.9 Å². The van der Waals surface area contributed by atoms with Crippen LogP contribution in [-0.2, 0) is 9.59 Å². The van der Waals surface area contributed by atoms with Gasteiger partial charge in [-0.2, -0.15) is 0 Å². The van der Waals surface area contributed by atoms with Crippen molar-refractivity contribution in [2.75, 3.05) is 10.6 Å². The van der Waals surface area contributed by atoms with E-state index in [1.807, 2.05) is 36.4 Å². The van der Waals surface area contributed by atoms with Crippen molar-refractivity contribution in [3.63, 3.8) is 0 Å². The molecule has 30 heavy (non-hydrogen) atoms. The molecule has 0 saturated heterocycles. The first-order valence-electron chi connectivity index (χ1n) is 9.66. The molecule has 0 heterocycles. The van der Waals surface area contributed by atoms with Crippen molar-refractivity contribution < 1.29 is 19.1 Å². The summed E-state index contributed by atoms with van der Waals surface area (Å²) in [6.45, 7) is 3.37. The molecule has 0 bridgehead atoms. The van der Waals surface area contributed by atoms with Crippen LogP contribution in [0.4, 0.5) is 11.4 Å². The summed E-state index contributed by atoms with van der Waals surface area (Å²) in [6, 6.07) is 25.2. The summed E-state index contributed by atoms with van der Waals surface area (Å²) < 4.78 is 11.2. The zero-order valence-corrected chi connectivity index (χ0v) is 16.9. The van der Waals surface area contributed by atoms with Gasteiger partial charge in [0, 0.05) is 11.4 Å². The zero-order valence-electron chi connectivity index (χ0n) is 16.9. The molecule has 2 atom stereocenters. The van der Waals surface area contributed by atoms with Crippen molar-refractivity contribution in [1.29, 1.82) is 0 Å². The molecule has 0 aliphatic carbocycles. The molecule has 3 aromatic carbocycles. The van der Waals surface area contributed by atoms with Crippen molar-refractivity contribution in [2.45, 2.75) is 26.1 Å². The third-order valence-electron chi connectivity index (χ3n) is 4.27. The molecule has 2 N–H and O–H groups in total. The standard InChI is InChI=1S/C24H24N2O4/c1-17(29-21-9-5-3-6-10-21)23(27)25-19-13-15-20(16-14-19)26-24(28)18(2)30-22-11-7-4-8-12-22/h3-18H,1-2H3,(H,25,27)(H,26,28). The van der Waals surface area contributed by atoms with E-state index in [0.29, 0.717) is 22.9 Å². The van der Waals surface area contributed by atoms with Crippen molar-refractivity contribution in [3.8, 4) is 11.5 Å². The number of anilines is 2. The van der Waals surface area contributed by atoms with Crippen LogP contribution in [0.25, 0.3) is 0 Å². The van der Waals surface area contributed by atoms with E-state index in [1.54, 1.807) is 62.4 Å². The average Bonchev–Trinajstić information content (AvgIpc) is 2.76. The van der Waals surface area contributed by atoms with Gasteiger partial charge in [-0.1, -0.05) is 36.4 Å². The maximum absolute atomic E-state index is 12.3. The van der Waals surface area contributed by atoms with Crippen LogP contribution in [0, 0.1) is 0 Å². The minimum absolute atomic E-state index is 0.263. The van der Waals surface area contributed by atoms with Crippen LogP contribution in [-0.4, -0.2) is 24.0 Å². The molecule has 0 aromatic heterocycles. The van der Waals surface area contributed by atoms with Crippen LogP contribution >= 0.6 is 0 Å². The zero-order chi connectivity index (χ0) is 21.3. The van der Waals surface area contributed by atoms with Gasteiger partial charge in [-0.15, -0.1) is 0 Å². The van der Waals surface area contributed by atoms with Crippen LogP contribution < -0.4 is 20.1 Å². The van der Waals surface area contributed by atoms with E-state index in [4.69, 9.17) is 9.47 Å². The third-order valence-corrected chi connectivity index (χ3v) is 4.27. The summed E-state index contributed by atoms with van der Waals surface area (Å²) in [5.41, 5.74) is 1.21. The Morgan fingerprint density at radius 1 is 0.600 bits per heavy atom. The summed E-state index contributed by atoms with van der Waals surface area (Å²) in [6.07, 6.45) is -1.30. The molecular weight excluding hydrogens is 380 g/mol. The van der Waals surface area contributed by atoms with Gasteiger partial charge >= 0.3 is 0 Å². The number of carbonyl (C=O) groups excluding carboxylic acids is 2. The van der Waals surface area contributed by atoms with Gasteiger partial charge in [0.05, 0.1) is 0 Å². The highest BCUT2D eigenvalue weighted by Crippen LogP contribution is 2.17. The first-order valence-corrected chi connectivity index (χ1v) is 9.66. The van der Waals surface area contributed by atoms with Crippen LogP contribution in [0.3, 0.4) is 0 Å². The van der Waals surface area contributed by atoms with Crippen LogP contribution in [0.2, 0.25) is 0 Å². The number of amides is 2. The number of ether oxygens (including phenoxy) is 2. The lowest BCUT2D eigenvalue weighted by atomic mass is 10.2. The van der Waals surface area contributed by atoms with E-state index in [-0.39, 0.29) is 11.8 Å². The quantitative estimate of drug-likeness (QED) is 0.580. The molecule has 0 spiro atoms. The molecule has 154 valence electrons. The summed E-state index contributed by atoms with van der Waals surface area (Å²) in [5, 5.41) is 5.59. The third kappa shape index (κ3) is 6.10. The van der Waals surface area contributed by atoms with Crippen molar-refractivity contribution in [1.82, 2.24) is 0 Å². The van der Waals surface area contributed by atoms with E-state index >= 15 is 0 Å². The number of benzene rings is 3. The fourth-order valence-corrected chi connectivity index (χ4v) is 2.64. The Morgan fingerprint density at radius 2 is 0.933 bits per heavy atom. The smallest absolute Gasteiger partial charge is 0.265 e. The maximum atomic E-state index is 12.3. The predicted molar refractivity (Wildman–Crippen MR) is 117 cm³/mol. The van der Waals surface area contributed by atoms with E-state index in [0.717, 1.165) is 0 Å². The van der Waals surface area contributed by atoms with Crippen molar-refractivity contribution >= 4 is 23.2 Å². The summed E-state index contributed by atoms with van der Waals surface area (Å²) in [7, 11) is 0. The van der Waals surface area contributed by atoms with Gasteiger partial charge in [-0.25, -0.2) is 0 Å². The molecule has 0 aliphatic heterocycles. The SMILES string of the molecule is CC(Oc1ccccc1)C(=O)Nc1ccc(NC(=O)C(C)Oc2ccccc2)cc1. The molecular formula is C24H24N2O4. The van der Waals surface area contributed by atoms with E-state index in [1.165, 1.54) is 0 Å². The van der Waals surface area contributed by atoms with Crippen LogP contribution in [0.15, 0.2) is 84.9 Å². The highest BCUT2D eigenvalue weighted by molar-refractivity contribution is 5.96. The van der Waals surface area contributed by atoms with E-state index < -0.39 is 12.2 Å². The van der Waals surface area contributed by atoms with E-state index in [9.17, 15) is 9.59 Å². The second kappa shape index (κ2) is 10.1. The van der Waals surface area contributed by atoms with Gasteiger partial charge in [-0.3, -0.25) is 9.59 Å². The van der Waals surface area contributed by atoms with Crippen molar-refractivity contribution in [2.24, 2.45) is 0 Å². The molecule has 0 saturated carbocycles. The minimum Gasteiger partial charge on any atom is -0.481 e. The van der Waals surface area contributed by atoms with Gasteiger partial charge in [0.2, 0.25) is 0 Å². The Morgan fingerprint density at radius 3 is 1.27 bits per heavy atom. The van der Waals surface area contributed by atoms with Gasteiger partial charge in [0.1, 0.15) is 11.5 Å². The van der Waals surface area contributed by atoms with Crippen LogP contribution in [0.1, 0.15) is 13.8 Å². The topological polar surface area (TPSA) is 76.7 Å². The summed E-state index contributed by atoms with van der Waals surface area (Å²) in [5.74, 6) is 0.733. The molecule has 2 amide bonds. The Labute approximate surface area is 175 Å². The summed E-state index contributed by atoms with van der Waals surface area (Å²) >= 11 is 0. The Bertz CT molecular complexity index is 879. The second-order valence-electron chi connectivity index (χ2n) is 6.70. The molecule has 0 radical (unpaired) electrons. The fourth-order valence-electron chi connectivity index (χ4n) is 2.64. The van der Waals surface area contributed by atoms with Gasteiger partial charge in [0.25, 0.3) is 11.8 Å². The van der Waals surface area contributed by atoms with E-state index in [2.05, 4.69) is 10.6 Å². The monoisotopic (exact) mass is 404 g/mol. The highest BCUT2D eigenvalue weighted by Gasteiger charge is 2.16. The molecule has 3 rings (SSSR count). The van der Waals surface area contributed by atoms with Gasteiger partial charge in [-0.05, 0) is 62.4 Å². The molecule has 3 aromatic rings. The largest absolute Gasteiger partial charge is 0.481 e. The fraction of sp³-hybridized carbons (Fsp3) is 0.167. The lowest BCUT2D eigenvalue weighted by molar-refractivity contribution is -0.122. The number of para-hydroxylation sites is 2. The Hall–Kier alpha value is -3.80. The Balaban J connectivity index is 1.50. The molecule has 0 fully saturated rings. The predicted octanol–water partition coefficient (Wildman–Crippen LogP) is 4.50. The number of hydrogen-bond donors (Lipinski definition) is 2. The number of nitrogens with one attached hydrogen (secondary N) is 2.